The molecule has 1 aliphatic rings. The summed E-state index contributed by atoms with van der Waals surface area (Å²) in [5, 5.41) is 29.9. The maximum absolute atomic E-state index is 12.6. The Labute approximate surface area is 160 Å². The lowest BCUT2D eigenvalue weighted by Crippen LogP contribution is -2.54. The zero-order valence-electron chi connectivity index (χ0n) is 15.1. The van der Waals surface area contributed by atoms with Crippen LogP contribution in [0.3, 0.4) is 0 Å². The van der Waals surface area contributed by atoms with E-state index >= 15 is 0 Å². The summed E-state index contributed by atoms with van der Waals surface area (Å²) in [5.74, 6) is -3.69. The third kappa shape index (κ3) is 5.43. The molecule has 1 aliphatic heterocycles. The second-order valence-electron chi connectivity index (χ2n) is 6.66. The minimum absolute atomic E-state index is 0.000544. The molecule has 1 aromatic rings. The summed E-state index contributed by atoms with van der Waals surface area (Å²) in [4.78, 5) is 48.5. The number of benzene rings is 1. The molecule has 0 bridgehead atoms. The average molecular weight is 393 g/mol. The molecule has 10 heteroatoms. The Balaban J connectivity index is 2.05. The van der Waals surface area contributed by atoms with Crippen molar-refractivity contribution >= 4 is 23.8 Å². The summed E-state index contributed by atoms with van der Waals surface area (Å²) < 4.78 is 0. The fourth-order valence-electron chi connectivity index (χ4n) is 3.13. The summed E-state index contributed by atoms with van der Waals surface area (Å²) in [6.07, 6.45) is 0.311. The average Bonchev–Trinajstić information content (AvgIpc) is 3.11. The van der Waals surface area contributed by atoms with Crippen LogP contribution in [0.5, 0.6) is 5.75 Å². The number of carboxylic acid groups (broad SMARTS) is 2. The molecule has 1 saturated heterocycles. The molecule has 1 aromatic carbocycles. The molecule has 3 atom stereocenters. The summed E-state index contributed by atoms with van der Waals surface area (Å²) in [5.41, 5.74) is 6.21. The number of carbonyl (C=O) groups is 4. The van der Waals surface area contributed by atoms with Gasteiger partial charge in [-0.1, -0.05) is 12.1 Å². The maximum atomic E-state index is 12.6. The first-order valence-electron chi connectivity index (χ1n) is 8.78. The van der Waals surface area contributed by atoms with Crippen molar-refractivity contribution in [3.05, 3.63) is 29.8 Å². The van der Waals surface area contributed by atoms with Crippen LogP contribution in [0.1, 0.15) is 24.8 Å². The number of hydrogen-bond donors (Lipinski definition) is 5. The van der Waals surface area contributed by atoms with E-state index in [0.29, 0.717) is 18.4 Å². The summed E-state index contributed by atoms with van der Waals surface area (Å²) in [7, 11) is 0. The molecule has 28 heavy (non-hydrogen) atoms. The summed E-state index contributed by atoms with van der Waals surface area (Å²) >= 11 is 0. The molecule has 0 radical (unpaired) electrons. The Hall–Kier alpha value is -3.14. The Morgan fingerprint density at radius 3 is 2.39 bits per heavy atom. The van der Waals surface area contributed by atoms with E-state index in [0.717, 1.165) is 0 Å². The fourth-order valence-corrected chi connectivity index (χ4v) is 3.13. The monoisotopic (exact) mass is 393 g/mol. The van der Waals surface area contributed by atoms with Crippen molar-refractivity contribution < 1.29 is 34.5 Å². The van der Waals surface area contributed by atoms with Crippen LogP contribution in [0.15, 0.2) is 24.3 Å². The maximum Gasteiger partial charge on any atom is 0.326 e. The number of nitrogens with zero attached hydrogens (tertiary/aromatic N) is 1. The number of carbonyl (C=O) groups excluding carboxylic acids is 2. The molecule has 0 aromatic heterocycles. The lowest BCUT2D eigenvalue weighted by molar-refractivity contribution is -0.145. The van der Waals surface area contributed by atoms with Crippen LogP contribution in [-0.2, 0) is 25.6 Å². The van der Waals surface area contributed by atoms with Gasteiger partial charge in [0, 0.05) is 13.0 Å². The molecule has 0 spiro atoms. The number of hydrogen-bond acceptors (Lipinski definition) is 6. The highest BCUT2D eigenvalue weighted by atomic mass is 16.4. The first kappa shape index (κ1) is 21.2. The van der Waals surface area contributed by atoms with Gasteiger partial charge in [-0.25, -0.2) is 4.79 Å². The topological polar surface area (TPSA) is 170 Å². The van der Waals surface area contributed by atoms with Gasteiger partial charge in [0.05, 0.1) is 12.5 Å². The summed E-state index contributed by atoms with van der Waals surface area (Å²) in [6.45, 7) is 0.250. The number of nitrogens with one attached hydrogen (secondary N) is 1. The van der Waals surface area contributed by atoms with Crippen LogP contribution in [-0.4, -0.2) is 68.6 Å². The van der Waals surface area contributed by atoms with Gasteiger partial charge >= 0.3 is 11.9 Å². The van der Waals surface area contributed by atoms with Crippen molar-refractivity contribution in [2.24, 2.45) is 5.73 Å². The van der Waals surface area contributed by atoms with Crippen molar-refractivity contribution in [3.8, 4) is 5.75 Å². The van der Waals surface area contributed by atoms with Gasteiger partial charge in [0.1, 0.15) is 17.8 Å². The number of nitrogens with two attached hydrogens (primary N) is 1. The third-order valence-electron chi connectivity index (χ3n) is 4.54. The van der Waals surface area contributed by atoms with Gasteiger partial charge in [-0.15, -0.1) is 0 Å². The van der Waals surface area contributed by atoms with Gasteiger partial charge in [-0.3, -0.25) is 14.4 Å². The van der Waals surface area contributed by atoms with E-state index in [2.05, 4.69) is 5.32 Å². The predicted octanol–water partition coefficient (Wildman–Crippen LogP) is -0.703. The van der Waals surface area contributed by atoms with Crippen molar-refractivity contribution in [1.29, 1.82) is 0 Å². The van der Waals surface area contributed by atoms with Gasteiger partial charge in [0.15, 0.2) is 0 Å². The lowest BCUT2D eigenvalue weighted by atomic mass is 10.0. The van der Waals surface area contributed by atoms with Crippen molar-refractivity contribution in [2.75, 3.05) is 6.54 Å². The van der Waals surface area contributed by atoms with Crippen LogP contribution < -0.4 is 11.1 Å². The van der Waals surface area contributed by atoms with E-state index in [1.54, 1.807) is 12.1 Å². The molecule has 10 nitrogen and oxygen atoms in total. The first-order valence-corrected chi connectivity index (χ1v) is 8.78. The Morgan fingerprint density at radius 1 is 1.18 bits per heavy atom. The highest BCUT2D eigenvalue weighted by molar-refractivity contribution is 5.93. The van der Waals surface area contributed by atoms with Crippen molar-refractivity contribution in [2.45, 2.75) is 43.8 Å². The highest BCUT2D eigenvalue weighted by Crippen LogP contribution is 2.19. The van der Waals surface area contributed by atoms with Crippen LogP contribution >= 0.6 is 0 Å². The van der Waals surface area contributed by atoms with E-state index in [9.17, 15) is 29.4 Å². The number of amides is 2. The summed E-state index contributed by atoms with van der Waals surface area (Å²) in [6, 6.07) is 2.55. The molecule has 3 unspecified atom stereocenters. The lowest BCUT2D eigenvalue weighted by Gasteiger charge is -2.27. The highest BCUT2D eigenvalue weighted by Gasteiger charge is 2.37. The largest absolute Gasteiger partial charge is 0.508 e. The third-order valence-corrected chi connectivity index (χ3v) is 4.54. The van der Waals surface area contributed by atoms with Gasteiger partial charge in [0.25, 0.3) is 0 Å². The van der Waals surface area contributed by atoms with Crippen molar-refractivity contribution in [3.63, 3.8) is 0 Å². The second-order valence-corrected chi connectivity index (χ2v) is 6.66. The number of carboxylic acids is 2. The smallest absolute Gasteiger partial charge is 0.326 e. The molecule has 6 N–H and O–H groups in total. The fraction of sp³-hybridized carbons (Fsp3) is 0.444. The van der Waals surface area contributed by atoms with Gasteiger partial charge in [-0.05, 0) is 30.5 Å². The number of aliphatic carboxylic acids is 2. The van der Waals surface area contributed by atoms with E-state index < -0.39 is 48.3 Å². The normalized spacial score (nSPS) is 18.3. The zero-order chi connectivity index (χ0) is 20.8. The SMILES string of the molecule is NC(CC(=O)O)C(=O)N1CCCC1C(=O)NC(Cc1ccc(O)cc1)C(=O)O. The van der Waals surface area contributed by atoms with Crippen LogP contribution in [0.4, 0.5) is 0 Å². The molecule has 2 rings (SSSR count). The Kier molecular flexibility index (Phi) is 6.94. The molecular formula is C18H23N3O7. The van der Waals surface area contributed by atoms with Crippen LogP contribution in [0.2, 0.25) is 0 Å². The van der Waals surface area contributed by atoms with Crippen molar-refractivity contribution in [1.82, 2.24) is 10.2 Å². The van der Waals surface area contributed by atoms with E-state index in [1.807, 2.05) is 0 Å². The molecule has 0 saturated carbocycles. The van der Waals surface area contributed by atoms with Gasteiger partial charge < -0.3 is 31.3 Å². The van der Waals surface area contributed by atoms with Gasteiger partial charge in [0.2, 0.25) is 11.8 Å². The zero-order valence-corrected chi connectivity index (χ0v) is 15.1. The second kappa shape index (κ2) is 9.18. The van der Waals surface area contributed by atoms with E-state index in [-0.39, 0.29) is 18.7 Å². The number of phenols is 1. The first-order chi connectivity index (χ1) is 13.2. The Morgan fingerprint density at radius 2 is 1.82 bits per heavy atom. The molecule has 0 aliphatic carbocycles. The number of likely N-dealkylation sites (tertiary alicyclic amines) is 1. The predicted molar refractivity (Wildman–Crippen MR) is 96.3 cm³/mol. The number of phenolic OH excluding ortho intramolecular Hbond substituents is 1. The van der Waals surface area contributed by atoms with Crippen LogP contribution in [0.25, 0.3) is 0 Å². The minimum atomic E-state index is -1.27. The van der Waals surface area contributed by atoms with Crippen LogP contribution in [0, 0.1) is 0 Å². The Bertz CT molecular complexity index is 750. The molecule has 1 fully saturated rings. The molecular weight excluding hydrogens is 370 g/mol. The number of rotatable bonds is 8. The molecule has 2 amide bonds. The number of aromatic hydroxyl groups is 1. The molecule has 1 heterocycles. The quantitative estimate of drug-likeness (QED) is 0.386. The van der Waals surface area contributed by atoms with Gasteiger partial charge in [-0.2, -0.15) is 0 Å². The van der Waals surface area contributed by atoms with E-state index in [1.165, 1.54) is 17.0 Å². The standard InChI is InChI=1S/C18H23N3O7/c19-12(9-15(23)24)17(26)21-7-1-2-14(21)16(25)20-13(18(27)28)8-10-3-5-11(22)6-4-10/h3-6,12-14,22H,1-2,7-9,19H2,(H,20,25)(H,23,24)(H,27,28). The minimum Gasteiger partial charge on any atom is -0.508 e. The molecule has 152 valence electrons. The van der Waals surface area contributed by atoms with E-state index in [4.69, 9.17) is 10.8 Å².